The molecule has 1 saturated heterocycles. The Balaban J connectivity index is 1.87. The lowest BCUT2D eigenvalue weighted by Crippen LogP contribution is -2.42. The van der Waals surface area contributed by atoms with E-state index in [0.717, 1.165) is 12.0 Å². The van der Waals surface area contributed by atoms with E-state index in [4.69, 9.17) is 0 Å². The number of sulfonamides is 1. The quantitative estimate of drug-likeness (QED) is 0.540. The maximum atomic E-state index is 12.6. The molecule has 0 unspecified atom stereocenters. The highest BCUT2D eigenvalue weighted by molar-refractivity contribution is 7.89. The van der Waals surface area contributed by atoms with E-state index in [2.05, 4.69) is 19.2 Å². The fourth-order valence-corrected chi connectivity index (χ4v) is 5.18. The molecule has 1 aliphatic heterocycles. The summed E-state index contributed by atoms with van der Waals surface area (Å²) in [6.07, 6.45) is 5.52. The first-order chi connectivity index (χ1) is 15.2. The summed E-state index contributed by atoms with van der Waals surface area (Å²) in [7, 11) is -3.49. The van der Waals surface area contributed by atoms with Crippen LogP contribution in [0.25, 0.3) is 6.08 Å². The van der Waals surface area contributed by atoms with Gasteiger partial charge in [0, 0.05) is 44.7 Å². The number of carbonyl (C=O) groups excluding carboxylic acids is 2. The van der Waals surface area contributed by atoms with Gasteiger partial charge in [0.05, 0.1) is 4.90 Å². The molecule has 32 heavy (non-hydrogen) atoms. The highest BCUT2D eigenvalue weighted by atomic mass is 32.2. The van der Waals surface area contributed by atoms with Gasteiger partial charge >= 0.3 is 0 Å². The summed E-state index contributed by atoms with van der Waals surface area (Å²) in [4.78, 5) is 26.8. The third-order valence-corrected chi connectivity index (χ3v) is 7.90. The molecule has 0 aromatic heterocycles. The number of rotatable bonds is 10. The molecular formula is C24H37N3O4S. The number of carbonyl (C=O) groups is 2. The van der Waals surface area contributed by atoms with Crippen molar-refractivity contribution in [1.29, 1.82) is 0 Å². The molecule has 178 valence electrons. The Labute approximate surface area is 192 Å². The van der Waals surface area contributed by atoms with Crippen LogP contribution in [0.2, 0.25) is 0 Å². The van der Waals surface area contributed by atoms with Crippen LogP contribution in [0.1, 0.15) is 52.5 Å². The molecule has 0 radical (unpaired) electrons. The van der Waals surface area contributed by atoms with E-state index >= 15 is 0 Å². The van der Waals surface area contributed by atoms with Crippen LogP contribution in [-0.4, -0.2) is 62.2 Å². The van der Waals surface area contributed by atoms with Crippen molar-refractivity contribution in [3.05, 3.63) is 35.9 Å². The molecule has 0 aliphatic carbocycles. The summed E-state index contributed by atoms with van der Waals surface area (Å²) >= 11 is 0. The zero-order chi connectivity index (χ0) is 23.7. The second kappa shape index (κ2) is 12.2. The third kappa shape index (κ3) is 7.17. The van der Waals surface area contributed by atoms with Crippen molar-refractivity contribution in [2.24, 2.45) is 11.8 Å². The Hall–Kier alpha value is -2.19. The van der Waals surface area contributed by atoms with Gasteiger partial charge in [0.2, 0.25) is 21.8 Å². The van der Waals surface area contributed by atoms with Crippen LogP contribution in [0, 0.1) is 11.8 Å². The summed E-state index contributed by atoms with van der Waals surface area (Å²) < 4.78 is 26.5. The van der Waals surface area contributed by atoms with Crippen LogP contribution < -0.4 is 5.32 Å². The first-order valence-corrected chi connectivity index (χ1v) is 13.0. The molecule has 1 aromatic carbocycles. The molecule has 2 rings (SSSR count). The molecule has 1 heterocycles. The predicted octanol–water partition coefficient (Wildman–Crippen LogP) is 3.13. The number of hydrogen-bond acceptors (Lipinski definition) is 4. The molecule has 1 aromatic rings. The lowest BCUT2D eigenvalue weighted by atomic mass is 9.95. The lowest BCUT2D eigenvalue weighted by molar-refractivity contribution is -0.132. The van der Waals surface area contributed by atoms with Crippen LogP contribution in [0.3, 0.4) is 0 Å². The van der Waals surface area contributed by atoms with Gasteiger partial charge in [0.1, 0.15) is 0 Å². The Kier molecular flexibility index (Phi) is 9.90. The van der Waals surface area contributed by atoms with E-state index in [-0.39, 0.29) is 22.6 Å². The fraction of sp³-hybridized carbons (Fsp3) is 0.583. The van der Waals surface area contributed by atoms with E-state index in [1.54, 1.807) is 35.2 Å². The first kappa shape index (κ1) is 26.1. The minimum absolute atomic E-state index is 0.0320. The second-order valence-electron chi connectivity index (χ2n) is 8.56. The molecule has 1 N–H and O–H groups in total. The van der Waals surface area contributed by atoms with Gasteiger partial charge in [-0.3, -0.25) is 9.59 Å². The first-order valence-electron chi connectivity index (χ1n) is 11.5. The summed E-state index contributed by atoms with van der Waals surface area (Å²) in [5, 5.41) is 3.00. The lowest BCUT2D eigenvalue weighted by Gasteiger charge is -2.30. The number of nitrogens with zero attached hydrogens (tertiary/aromatic N) is 2. The molecule has 7 nitrogen and oxygen atoms in total. The number of amides is 2. The Morgan fingerprint density at radius 1 is 1.12 bits per heavy atom. The SMILES string of the molecule is CCN(CC)S(=O)(=O)c1ccc(C=CC(=O)N2CCC(C(=O)NCCC(C)C)CC2)cc1. The van der Waals surface area contributed by atoms with E-state index in [9.17, 15) is 18.0 Å². The predicted molar refractivity (Wildman–Crippen MR) is 127 cm³/mol. The summed E-state index contributed by atoms with van der Waals surface area (Å²) in [6.45, 7) is 10.6. The Morgan fingerprint density at radius 3 is 2.25 bits per heavy atom. The summed E-state index contributed by atoms with van der Waals surface area (Å²) in [5.41, 5.74) is 0.760. The topological polar surface area (TPSA) is 86.8 Å². The smallest absolute Gasteiger partial charge is 0.246 e. The Bertz CT molecular complexity index is 882. The van der Waals surface area contributed by atoms with Gasteiger partial charge in [-0.1, -0.05) is 39.8 Å². The normalized spacial score (nSPS) is 15.6. The Morgan fingerprint density at radius 2 is 1.72 bits per heavy atom. The molecule has 0 bridgehead atoms. The van der Waals surface area contributed by atoms with Crippen molar-refractivity contribution in [1.82, 2.24) is 14.5 Å². The second-order valence-corrected chi connectivity index (χ2v) is 10.5. The molecule has 2 amide bonds. The zero-order valence-electron chi connectivity index (χ0n) is 19.7. The zero-order valence-corrected chi connectivity index (χ0v) is 20.5. The van der Waals surface area contributed by atoms with Crippen LogP contribution in [0.5, 0.6) is 0 Å². The molecule has 1 aliphatic rings. The minimum Gasteiger partial charge on any atom is -0.356 e. The number of hydrogen-bond donors (Lipinski definition) is 1. The average Bonchev–Trinajstić information content (AvgIpc) is 2.78. The van der Waals surface area contributed by atoms with E-state index in [0.29, 0.717) is 51.5 Å². The summed E-state index contributed by atoms with van der Waals surface area (Å²) in [6, 6.07) is 6.55. The van der Waals surface area contributed by atoms with Crippen LogP contribution in [0.15, 0.2) is 35.2 Å². The van der Waals surface area contributed by atoms with E-state index in [1.165, 1.54) is 10.4 Å². The monoisotopic (exact) mass is 463 g/mol. The van der Waals surface area contributed by atoms with Crippen LogP contribution in [-0.2, 0) is 19.6 Å². The largest absolute Gasteiger partial charge is 0.356 e. The van der Waals surface area contributed by atoms with Crippen LogP contribution in [0.4, 0.5) is 0 Å². The van der Waals surface area contributed by atoms with Gasteiger partial charge < -0.3 is 10.2 Å². The number of nitrogens with one attached hydrogen (secondary N) is 1. The molecule has 0 saturated carbocycles. The average molecular weight is 464 g/mol. The van der Waals surface area contributed by atoms with Gasteiger partial charge in [0.15, 0.2) is 0 Å². The maximum Gasteiger partial charge on any atom is 0.246 e. The third-order valence-electron chi connectivity index (χ3n) is 5.84. The van der Waals surface area contributed by atoms with Crippen molar-refractivity contribution in [2.75, 3.05) is 32.7 Å². The van der Waals surface area contributed by atoms with Gasteiger partial charge in [-0.2, -0.15) is 4.31 Å². The van der Waals surface area contributed by atoms with Crippen molar-refractivity contribution in [3.8, 4) is 0 Å². The van der Waals surface area contributed by atoms with Gasteiger partial charge in [-0.05, 0) is 49.0 Å². The molecule has 0 atom stereocenters. The summed E-state index contributed by atoms with van der Waals surface area (Å²) in [5.74, 6) is 0.525. The molecule has 1 fully saturated rings. The highest BCUT2D eigenvalue weighted by Gasteiger charge is 2.26. The number of benzene rings is 1. The fourth-order valence-electron chi connectivity index (χ4n) is 3.73. The van der Waals surface area contributed by atoms with E-state index in [1.807, 2.05) is 13.8 Å². The number of piperidine rings is 1. The molecule has 8 heteroatoms. The highest BCUT2D eigenvalue weighted by Crippen LogP contribution is 2.19. The molecular weight excluding hydrogens is 426 g/mol. The number of likely N-dealkylation sites (tertiary alicyclic amines) is 1. The van der Waals surface area contributed by atoms with Gasteiger partial charge in [-0.15, -0.1) is 0 Å². The molecule has 0 spiro atoms. The van der Waals surface area contributed by atoms with Crippen molar-refractivity contribution < 1.29 is 18.0 Å². The van der Waals surface area contributed by atoms with Crippen LogP contribution >= 0.6 is 0 Å². The standard InChI is InChI=1S/C24H37N3O4S/c1-5-27(6-2)32(30,31)22-10-7-20(8-11-22)9-12-23(28)26-17-14-21(15-18-26)24(29)25-16-13-19(3)4/h7-12,19,21H,5-6,13-18H2,1-4H3,(H,25,29). The minimum atomic E-state index is -3.49. The van der Waals surface area contributed by atoms with Crippen molar-refractivity contribution in [2.45, 2.75) is 51.9 Å². The maximum absolute atomic E-state index is 12.6. The van der Waals surface area contributed by atoms with Gasteiger partial charge in [-0.25, -0.2) is 8.42 Å². The van der Waals surface area contributed by atoms with Crippen molar-refractivity contribution >= 4 is 27.9 Å². The van der Waals surface area contributed by atoms with E-state index < -0.39 is 10.0 Å². The van der Waals surface area contributed by atoms with Gasteiger partial charge in [0.25, 0.3) is 0 Å². The van der Waals surface area contributed by atoms with Crippen molar-refractivity contribution in [3.63, 3.8) is 0 Å².